The highest BCUT2D eigenvalue weighted by atomic mass is 16.5. The number of methoxy groups -OCH3 is 1. The van der Waals surface area contributed by atoms with Crippen molar-refractivity contribution in [2.45, 2.75) is 12.5 Å². The van der Waals surface area contributed by atoms with E-state index in [0.717, 1.165) is 26.2 Å². The predicted octanol–water partition coefficient (Wildman–Crippen LogP) is 2.15. The fraction of sp³-hybridized carbons (Fsp3) is 0.333. The van der Waals surface area contributed by atoms with Gasteiger partial charge in [0.05, 0.1) is 25.3 Å². The molecular formula is C21H23N3O3. The van der Waals surface area contributed by atoms with Crippen LogP contribution in [0, 0.1) is 0 Å². The number of para-hydroxylation sites is 1. The van der Waals surface area contributed by atoms with Crippen molar-refractivity contribution in [2.24, 2.45) is 0 Å². The number of rotatable bonds is 4. The van der Waals surface area contributed by atoms with Crippen LogP contribution < -0.4 is 14.5 Å². The zero-order chi connectivity index (χ0) is 18.8. The van der Waals surface area contributed by atoms with Crippen LogP contribution in [0.3, 0.4) is 0 Å². The van der Waals surface area contributed by atoms with Gasteiger partial charge < -0.3 is 9.64 Å². The van der Waals surface area contributed by atoms with Gasteiger partial charge in [0.2, 0.25) is 5.91 Å². The summed E-state index contributed by atoms with van der Waals surface area (Å²) in [7, 11) is 1.57. The lowest BCUT2D eigenvalue weighted by Crippen LogP contribution is -2.52. The van der Waals surface area contributed by atoms with Gasteiger partial charge in [0, 0.05) is 37.9 Å². The first-order valence-corrected chi connectivity index (χ1v) is 9.22. The molecule has 0 N–H and O–H groups in total. The average Bonchev–Trinajstić information content (AvgIpc) is 3.03. The maximum absolute atomic E-state index is 13.0. The number of carbonyl (C=O) groups is 2. The van der Waals surface area contributed by atoms with Gasteiger partial charge in [-0.3, -0.25) is 14.5 Å². The molecule has 2 aliphatic heterocycles. The fourth-order valence-electron chi connectivity index (χ4n) is 3.85. The molecule has 0 bridgehead atoms. The van der Waals surface area contributed by atoms with E-state index in [4.69, 9.17) is 4.74 Å². The van der Waals surface area contributed by atoms with E-state index in [-0.39, 0.29) is 24.3 Å². The lowest BCUT2D eigenvalue weighted by molar-refractivity contribution is -0.123. The molecule has 6 nitrogen and oxygen atoms in total. The van der Waals surface area contributed by atoms with Crippen LogP contribution in [-0.4, -0.2) is 56.0 Å². The quantitative estimate of drug-likeness (QED) is 0.777. The van der Waals surface area contributed by atoms with E-state index in [1.54, 1.807) is 31.4 Å². The number of hydrogen-bond acceptors (Lipinski definition) is 5. The zero-order valence-corrected chi connectivity index (χ0v) is 15.4. The Hall–Kier alpha value is -2.86. The Kier molecular flexibility index (Phi) is 4.81. The van der Waals surface area contributed by atoms with E-state index >= 15 is 0 Å². The zero-order valence-electron chi connectivity index (χ0n) is 15.4. The van der Waals surface area contributed by atoms with Crippen molar-refractivity contribution in [3.05, 3.63) is 54.6 Å². The molecule has 2 aromatic rings. The van der Waals surface area contributed by atoms with Gasteiger partial charge in [0.25, 0.3) is 5.91 Å². The molecule has 2 aromatic carbocycles. The molecule has 140 valence electrons. The Morgan fingerprint density at radius 2 is 1.59 bits per heavy atom. The Balaban J connectivity index is 1.45. The van der Waals surface area contributed by atoms with Crippen LogP contribution in [0.25, 0.3) is 0 Å². The van der Waals surface area contributed by atoms with Crippen LogP contribution >= 0.6 is 0 Å². The number of imide groups is 1. The van der Waals surface area contributed by atoms with E-state index in [1.807, 2.05) is 18.2 Å². The Morgan fingerprint density at radius 1 is 0.889 bits per heavy atom. The molecule has 4 rings (SSSR count). The molecule has 0 saturated carbocycles. The van der Waals surface area contributed by atoms with E-state index in [0.29, 0.717) is 11.4 Å². The van der Waals surface area contributed by atoms with Gasteiger partial charge in [-0.15, -0.1) is 0 Å². The number of anilines is 2. The number of carbonyl (C=O) groups excluding carboxylic acids is 2. The monoisotopic (exact) mass is 365 g/mol. The maximum Gasteiger partial charge on any atom is 0.251 e. The molecule has 2 fully saturated rings. The number of piperazine rings is 1. The SMILES string of the molecule is COc1cccc(N2C(=O)CC(N3CCN(c4ccccc4)CC3)C2=O)c1. The molecule has 27 heavy (non-hydrogen) atoms. The molecule has 2 heterocycles. The highest BCUT2D eigenvalue weighted by Crippen LogP contribution is 2.29. The number of hydrogen-bond donors (Lipinski definition) is 0. The fourth-order valence-corrected chi connectivity index (χ4v) is 3.85. The highest BCUT2D eigenvalue weighted by Gasteiger charge is 2.43. The van der Waals surface area contributed by atoms with Crippen LogP contribution in [0.1, 0.15) is 6.42 Å². The van der Waals surface area contributed by atoms with Gasteiger partial charge in [-0.05, 0) is 24.3 Å². The molecule has 0 radical (unpaired) electrons. The second-order valence-electron chi connectivity index (χ2n) is 6.85. The van der Waals surface area contributed by atoms with Gasteiger partial charge in [-0.1, -0.05) is 24.3 Å². The average molecular weight is 365 g/mol. The molecule has 2 aliphatic rings. The third-order valence-corrected chi connectivity index (χ3v) is 5.31. The lowest BCUT2D eigenvalue weighted by atomic mass is 10.1. The van der Waals surface area contributed by atoms with E-state index in [1.165, 1.54) is 10.6 Å². The van der Waals surface area contributed by atoms with Gasteiger partial charge in [-0.25, -0.2) is 4.90 Å². The molecule has 2 saturated heterocycles. The van der Waals surface area contributed by atoms with Crippen molar-refractivity contribution < 1.29 is 14.3 Å². The maximum atomic E-state index is 13.0. The van der Waals surface area contributed by atoms with Crippen molar-refractivity contribution in [3.8, 4) is 5.75 Å². The smallest absolute Gasteiger partial charge is 0.251 e. The number of amides is 2. The summed E-state index contributed by atoms with van der Waals surface area (Å²) in [5.74, 6) is 0.346. The van der Waals surface area contributed by atoms with E-state index in [9.17, 15) is 9.59 Å². The molecule has 1 unspecified atom stereocenters. The Morgan fingerprint density at radius 3 is 2.30 bits per heavy atom. The molecule has 0 aliphatic carbocycles. The van der Waals surface area contributed by atoms with Gasteiger partial charge in [-0.2, -0.15) is 0 Å². The first-order valence-electron chi connectivity index (χ1n) is 9.22. The van der Waals surface area contributed by atoms with Crippen LogP contribution in [0.4, 0.5) is 11.4 Å². The van der Waals surface area contributed by atoms with Crippen LogP contribution in [0.5, 0.6) is 5.75 Å². The Bertz CT molecular complexity index is 832. The van der Waals surface area contributed by atoms with Crippen LogP contribution in [0.2, 0.25) is 0 Å². The van der Waals surface area contributed by atoms with Crippen LogP contribution in [-0.2, 0) is 9.59 Å². The number of benzene rings is 2. The minimum absolute atomic E-state index is 0.138. The van der Waals surface area contributed by atoms with Gasteiger partial charge in [0.15, 0.2) is 0 Å². The molecule has 1 atom stereocenters. The molecule has 6 heteroatoms. The van der Waals surface area contributed by atoms with Crippen molar-refractivity contribution >= 4 is 23.2 Å². The summed E-state index contributed by atoms with van der Waals surface area (Å²) in [6.45, 7) is 3.23. The van der Waals surface area contributed by atoms with Gasteiger partial charge >= 0.3 is 0 Å². The third-order valence-electron chi connectivity index (χ3n) is 5.31. The molecule has 0 aromatic heterocycles. The topological polar surface area (TPSA) is 53.1 Å². The third kappa shape index (κ3) is 3.40. The standard InChI is InChI=1S/C21H23N3O3/c1-27-18-9-5-8-17(14-18)24-20(25)15-19(21(24)26)23-12-10-22(11-13-23)16-6-3-2-4-7-16/h2-9,14,19H,10-13,15H2,1H3. The van der Waals surface area contributed by atoms with Gasteiger partial charge in [0.1, 0.15) is 5.75 Å². The summed E-state index contributed by atoms with van der Waals surface area (Å²) in [6.07, 6.45) is 0.237. The van der Waals surface area contributed by atoms with E-state index < -0.39 is 0 Å². The van der Waals surface area contributed by atoms with Crippen molar-refractivity contribution in [1.29, 1.82) is 0 Å². The number of ether oxygens (including phenoxy) is 1. The van der Waals surface area contributed by atoms with Crippen molar-refractivity contribution in [3.63, 3.8) is 0 Å². The molecule has 2 amide bonds. The second kappa shape index (κ2) is 7.40. The summed E-state index contributed by atoms with van der Waals surface area (Å²) in [5.41, 5.74) is 1.78. The molecular weight excluding hydrogens is 342 g/mol. The highest BCUT2D eigenvalue weighted by molar-refractivity contribution is 6.22. The summed E-state index contributed by atoms with van der Waals surface area (Å²) in [4.78, 5) is 31.3. The summed E-state index contributed by atoms with van der Waals surface area (Å²) >= 11 is 0. The van der Waals surface area contributed by atoms with Crippen molar-refractivity contribution in [1.82, 2.24) is 4.90 Å². The lowest BCUT2D eigenvalue weighted by Gasteiger charge is -2.38. The minimum Gasteiger partial charge on any atom is -0.497 e. The number of nitrogens with zero attached hydrogens (tertiary/aromatic N) is 3. The predicted molar refractivity (Wildman–Crippen MR) is 104 cm³/mol. The first kappa shape index (κ1) is 17.5. The Labute approximate surface area is 158 Å². The summed E-state index contributed by atoms with van der Waals surface area (Å²) < 4.78 is 5.22. The first-order chi connectivity index (χ1) is 13.2. The van der Waals surface area contributed by atoms with E-state index in [2.05, 4.69) is 21.9 Å². The minimum atomic E-state index is -0.373. The van der Waals surface area contributed by atoms with Crippen LogP contribution in [0.15, 0.2) is 54.6 Å². The normalized spacial score (nSPS) is 21.0. The summed E-state index contributed by atoms with van der Waals surface area (Å²) in [5, 5.41) is 0. The second-order valence-corrected chi connectivity index (χ2v) is 6.85. The van der Waals surface area contributed by atoms with Crippen molar-refractivity contribution in [2.75, 3.05) is 43.1 Å². The largest absolute Gasteiger partial charge is 0.497 e. The molecule has 0 spiro atoms. The summed E-state index contributed by atoms with van der Waals surface area (Å²) in [6, 6.07) is 17.0.